The molecule has 1 N–H and O–H groups in total. The summed E-state index contributed by atoms with van der Waals surface area (Å²) in [7, 11) is 4.11. The van der Waals surface area contributed by atoms with E-state index in [0.717, 1.165) is 17.7 Å². The zero-order valence-electron chi connectivity index (χ0n) is 13.4. The molecule has 3 heteroatoms. The molecule has 0 aliphatic carbocycles. The first-order chi connectivity index (χ1) is 10.5. The lowest BCUT2D eigenvalue weighted by atomic mass is 9.93. The topological polar surface area (TPSA) is 40.5 Å². The summed E-state index contributed by atoms with van der Waals surface area (Å²) in [4.78, 5) is 13.0. The van der Waals surface area contributed by atoms with Crippen LogP contribution in [0.25, 0.3) is 11.1 Å². The molecule has 0 saturated carbocycles. The summed E-state index contributed by atoms with van der Waals surface area (Å²) < 4.78 is 0. The van der Waals surface area contributed by atoms with Gasteiger partial charge in [0.1, 0.15) is 0 Å². The lowest BCUT2D eigenvalue weighted by Crippen LogP contribution is -2.10. The van der Waals surface area contributed by atoms with Crippen LogP contribution in [0.15, 0.2) is 48.5 Å². The van der Waals surface area contributed by atoms with Gasteiger partial charge in [-0.2, -0.15) is 0 Å². The highest BCUT2D eigenvalue weighted by molar-refractivity contribution is 5.69. The van der Waals surface area contributed by atoms with E-state index in [1.54, 1.807) is 0 Å². The van der Waals surface area contributed by atoms with Gasteiger partial charge in [0.05, 0.1) is 6.42 Å². The Morgan fingerprint density at radius 2 is 1.73 bits per heavy atom. The van der Waals surface area contributed by atoms with E-state index < -0.39 is 5.97 Å². The maximum absolute atomic E-state index is 10.9. The van der Waals surface area contributed by atoms with Crippen LogP contribution in [0.2, 0.25) is 0 Å². The fourth-order valence-electron chi connectivity index (χ4n) is 2.62. The summed E-state index contributed by atoms with van der Waals surface area (Å²) >= 11 is 0. The molecule has 1 atom stereocenters. The molecule has 2 aromatic carbocycles. The number of nitrogens with zero attached hydrogens (tertiary/aromatic N) is 1. The number of carboxylic acid groups (broad SMARTS) is 1. The molecule has 2 aromatic rings. The average molecular weight is 297 g/mol. The van der Waals surface area contributed by atoms with Crippen molar-refractivity contribution in [1.29, 1.82) is 0 Å². The molecular formula is C19H23NO2. The van der Waals surface area contributed by atoms with E-state index in [1.807, 2.05) is 19.1 Å². The Labute approximate surface area is 132 Å². The normalized spacial score (nSPS) is 12.4. The largest absolute Gasteiger partial charge is 0.481 e. The number of hydrogen-bond donors (Lipinski definition) is 1. The molecule has 0 aliphatic rings. The van der Waals surface area contributed by atoms with Crippen molar-refractivity contribution < 1.29 is 9.90 Å². The van der Waals surface area contributed by atoms with E-state index in [1.165, 1.54) is 11.1 Å². The van der Waals surface area contributed by atoms with Crippen LogP contribution in [0.3, 0.4) is 0 Å². The molecule has 0 fully saturated rings. The molecule has 0 saturated heterocycles. The molecule has 2 rings (SSSR count). The molecule has 22 heavy (non-hydrogen) atoms. The van der Waals surface area contributed by atoms with E-state index in [-0.39, 0.29) is 12.3 Å². The Morgan fingerprint density at radius 3 is 2.36 bits per heavy atom. The SMILES string of the molecule is CC(CC(=O)O)c1cccc(-c2cccc(CN(C)C)c2)c1. The summed E-state index contributed by atoms with van der Waals surface area (Å²) in [5, 5.41) is 8.95. The maximum atomic E-state index is 10.9. The molecule has 1 unspecified atom stereocenters. The van der Waals surface area contributed by atoms with Crippen molar-refractivity contribution in [3.63, 3.8) is 0 Å². The monoisotopic (exact) mass is 297 g/mol. The van der Waals surface area contributed by atoms with Crippen LogP contribution in [-0.4, -0.2) is 30.1 Å². The number of carbonyl (C=O) groups is 1. The van der Waals surface area contributed by atoms with E-state index in [9.17, 15) is 4.79 Å². The second-order valence-corrected chi connectivity index (χ2v) is 6.06. The van der Waals surface area contributed by atoms with Crippen LogP contribution in [0.4, 0.5) is 0 Å². The van der Waals surface area contributed by atoms with Crippen LogP contribution >= 0.6 is 0 Å². The number of benzene rings is 2. The zero-order valence-corrected chi connectivity index (χ0v) is 13.4. The predicted octanol–water partition coefficient (Wildman–Crippen LogP) is 3.99. The van der Waals surface area contributed by atoms with Crippen molar-refractivity contribution in [2.75, 3.05) is 14.1 Å². The van der Waals surface area contributed by atoms with Gasteiger partial charge in [-0.3, -0.25) is 4.79 Å². The third-order valence-electron chi connectivity index (χ3n) is 3.70. The predicted molar refractivity (Wildman–Crippen MR) is 89.9 cm³/mol. The van der Waals surface area contributed by atoms with Crippen LogP contribution < -0.4 is 0 Å². The summed E-state index contributed by atoms with van der Waals surface area (Å²) in [5.41, 5.74) is 4.64. The van der Waals surface area contributed by atoms with Gasteiger partial charge in [0.15, 0.2) is 0 Å². The first-order valence-corrected chi connectivity index (χ1v) is 7.51. The highest BCUT2D eigenvalue weighted by Gasteiger charge is 2.11. The highest BCUT2D eigenvalue weighted by atomic mass is 16.4. The second kappa shape index (κ2) is 7.23. The smallest absolute Gasteiger partial charge is 0.303 e. The van der Waals surface area contributed by atoms with E-state index in [4.69, 9.17) is 5.11 Å². The minimum atomic E-state index is -0.758. The standard InChI is InChI=1S/C19H23NO2/c1-14(10-19(21)22)16-7-5-9-18(12-16)17-8-4-6-15(11-17)13-20(2)3/h4-9,11-12,14H,10,13H2,1-3H3,(H,21,22). The first kappa shape index (κ1) is 16.2. The average Bonchev–Trinajstić information content (AvgIpc) is 2.46. The van der Waals surface area contributed by atoms with Gasteiger partial charge in [-0.1, -0.05) is 49.4 Å². The molecule has 0 radical (unpaired) electrons. The van der Waals surface area contributed by atoms with Crippen molar-refractivity contribution in [3.05, 3.63) is 59.7 Å². The van der Waals surface area contributed by atoms with Crippen molar-refractivity contribution in [2.45, 2.75) is 25.8 Å². The Kier molecular flexibility index (Phi) is 5.34. The highest BCUT2D eigenvalue weighted by Crippen LogP contribution is 2.26. The summed E-state index contributed by atoms with van der Waals surface area (Å²) in [5.74, 6) is -0.742. The lowest BCUT2D eigenvalue weighted by molar-refractivity contribution is -0.137. The van der Waals surface area contributed by atoms with Crippen molar-refractivity contribution in [3.8, 4) is 11.1 Å². The van der Waals surface area contributed by atoms with E-state index in [0.29, 0.717) is 0 Å². The molecule has 0 bridgehead atoms. The molecule has 0 spiro atoms. The van der Waals surface area contributed by atoms with Gasteiger partial charge in [-0.25, -0.2) is 0 Å². The molecule has 3 nitrogen and oxygen atoms in total. The fraction of sp³-hybridized carbons (Fsp3) is 0.316. The number of rotatable bonds is 6. The molecule has 0 aromatic heterocycles. The van der Waals surface area contributed by atoms with Gasteiger partial charge >= 0.3 is 5.97 Å². The number of carboxylic acids is 1. The van der Waals surface area contributed by atoms with Gasteiger partial charge in [0.2, 0.25) is 0 Å². The summed E-state index contributed by atoms with van der Waals surface area (Å²) in [6.45, 7) is 2.86. The minimum Gasteiger partial charge on any atom is -0.481 e. The quantitative estimate of drug-likeness (QED) is 0.876. The van der Waals surface area contributed by atoms with Crippen LogP contribution in [0.1, 0.15) is 30.4 Å². The van der Waals surface area contributed by atoms with Gasteiger partial charge < -0.3 is 10.0 Å². The first-order valence-electron chi connectivity index (χ1n) is 7.51. The molecule has 0 aliphatic heterocycles. The molecule has 116 valence electrons. The molecule has 0 heterocycles. The number of hydrogen-bond acceptors (Lipinski definition) is 2. The molecule has 0 amide bonds. The summed E-state index contributed by atoms with van der Waals surface area (Å²) in [6.07, 6.45) is 0.157. The van der Waals surface area contributed by atoms with E-state index in [2.05, 4.69) is 55.4 Å². The van der Waals surface area contributed by atoms with Crippen LogP contribution in [0.5, 0.6) is 0 Å². The van der Waals surface area contributed by atoms with Crippen LogP contribution in [0, 0.1) is 0 Å². The zero-order chi connectivity index (χ0) is 16.1. The van der Waals surface area contributed by atoms with Gasteiger partial charge in [-0.05, 0) is 48.3 Å². The summed E-state index contributed by atoms with van der Waals surface area (Å²) in [6, 6.07) is 16.7. The Hall–Kier alpha value is -2.13. The lowest BCUT2D eigenvalue weighted by Gasteiger charge is -2.13. The second-order valence-electron chi connectivity index (χ2n) is 6.06. The third-order valence-corrected chi connectivity index (χ3v) is 3.70. The van der Waals surface area contributed by atoms with Crippen molar-refractivity contribution in [2.24, 2.45) is 0 Å². The minimum absolute atomic E-state index is 0.0161. The number of aliphatic carboxylic acids is 1. The van der Waals surface area contributed by atoms with Crippen molar-refractivity contribution in [1.82, 2.24) is 4.90 Å². The van der Waals surface area contributed by atoms with Gasteiger partial charge in [-0.15, -0.1) is 0 Å². The van der Waals surface area contributed by atoms with Gasteiger partial charge in [0.25, 0.3) is 0 Å². The van der Waals surface area contributed by atoms with Crippen LogP contribution in [-0.2, 0) is 11.3 Å². The third kappa shape index (κ3) is 4.43. The van der Waals surface area contributed by atoms with Gasteiger partial charge in [0, 0.05) is 6.54 Å². The Balaban J connectivity index is 2.27. The fourth-order valence-corrected chi connectivity index (χ4v) is 2.62. The Morgan fingerprint density at radius 1 is 1.09 bits per heavy atom. The van der Waals surface area contributed by atoms with Crippen molar-refractivity contribution >= 4 is 5.97 Å². The molecular weight excluding hydrogens is 274 g/mol. The maximum Gasteiger partial charge on any atom is 0.303 e. The van der Waals surface area contributed by atoms with E-state index >= 15 is 0 Å². The Bertz CT molecular complexity index is 649.